The molecule has 0 aromatic heterocycles. The first-order chi connectivity index (χ1) is 10.7. The number of rotatable bonds is 2. The second-order valence-electron chi connectivity index (χ2n) is 4.78. The van der Waals surface area contributed by atoms with Crippen molar-refractivity contribution in [3.05, 3.63) is 68.8 Å². The summed E-state index contributed by atoms with van der Waals surface area (Å²) in [5.41, 5.74) is -1.49. The van der Waals surface area contributed by atoms with E-state index < -0.39 is 37.2 Å². The normalized spacial score (nSPS) is 12.9. The molecule has 0 radical (unpaired) electrons. The SMILES string of the molecule is O=C1c2cc(S(=O)(=O)[O-])ccc2C(=O)c2c1cccc2[N+](=O)[O-].[Na+]. The smallest absolute Gasteiger partial charge is 0.744 e. The van der Waals surface area contributed by atoms with Gasteiger partial charge in [-0.15, -0.1) is 0 Å². The Balaban J connectivity index is 0.00000208. The van der Waals surface area contributed by atoms with Gasteiger partial charge in [-0.1, -0.05) is 6.07 Å². The summed E-state index contributed by atoms with van der Waals surface area (Å²) in [4.78, 5) is 34.5. The van der Waals surface area contributed by atoms with Crippen LogP contribution in [-0.2, 0) is 10.1 Å². The van der Waals surface area contributed by atoms with E-state index in [0.29, 0.717) is 0 Å². The molecule has 0 saturated heterocycles. The fourth-order valence-electron chi connectivity index (χ4n) is 2.46. The molecule has 0 heterocycles. The summed E-state index contributed by atoms with van der Waals surface area (Å²) in [5, 5.41) is 11.0. The van der Waals surface area contributed by atoms with Crippen LogP contribution in [0.2, 0.25) is 0 Å². The number of ketones is 2. The molecule has 3 rings (SSSR count). The first kappa shape index (κ1) is 18.4. The second-order valence-corrected chi connectivity index (χ2v) is 6.16. The average Bonchev–Trinajstić information content (AvgIpc) is 2.50. The van der Waals surface area contributed by atoms with Crippen LogP contribution in [0, 0.1) is 10.1 Å². The van der Waals surface area contributed by atoms with Crippen LogP contribution >= 0.6 is 0 Å². The molecule has 0 amide bonds. The molecular formula is C14H6NNaO7S. The van der Waals surface area contributed by atoms with Crippen molar-refractivity contribution in [1.82, 2.24) is 0 Å². The van der Waals surface area contributed by atoms with Crippen molar-refractivity contribution >= 4 is 27.4 Å². The van der Waals surface area contributed by atoms with Gasteiger partial charge in [-0.05, 0) is 24.3 Å². The van der Waals surface area contributed by atoms with Crippen molar-refractivity contribution in [3.8, 4) is 0 Å². The molecule has 0 unspecified atom stereocenters. The van der Waals surface area contributed by atoms with Crippen molar-refractivity contribution < 1.29 is 57.0 Å². The van der Waals surface area contributed by atoms with Gasteiger partial charge in [0.25, 0.3) is 5.69 Å². The largest absolute Gasteiger partial charge is 1.00 e. The van der Waals surface area contributed by atoms with E-state index in [-0.39, 0.29) is 51.8 Å². The Hall–Kier alpha value is -1.91. The van der Waals surface area contributed by atoms with Gasteiger partial charge < -0.3 is 4.55 Å². The van der Waals surface area contributed by atoms with E-state index in [4.69, 9.17) is 0 Å². The van der Waals surface area contributed by atoms with Gasteiger partial charge in [0.05, 0.1) is 9.82 Å². The van der Waals surface area contributed by atoms with Crippen LogP contribution in [0.25, 0.3) is 0 Å². The van der Waals surface area contributed by atoms with Crippen molar-refractivity contribution in [1.29, 1.82) is 0 Å². The summed E-state index contributed by atoms with van der Waals surface area (Å²) in [5.74, 6) is -1.51. The van der Waals surface area contributed by atoms with Crippen LogP contribution < -0.4 is 29.6 Å². The molecule has 1 aliphatic rings. The summed E-state index contributed by atoms with van der Waals surface area (Å²) in [6.07, 6.45) is 0. The topological polar surface area (TPSA) is 134 Å². The Kier molecular flexibility index (Phi) is 4.75. The van der Waals surface area contributed by atoms with Crippen LogP contribution in [0.5, 0.6) is 0 Å². The number of benzene rings is 2. The van der Waals surface area contributed by atoms with E-state index in [1.807, 2.05) is 0 Å². The Morgan fingerprint density at radius 2 is 1.58 bits per heavy atom. The molecule has 0 bridgehead atoms. The van der Waals surface area contributed by atoms with Gasteiger partial charge in [0.2, 0.25) is 5.78 Å². The minimum Gasteiger partial charge on any atom is -0.744 e. The molecule has 1 aliphatic carbocycles. The molecule has 0 aliphatic heterocycles. The van der Waals surface area contributed by atoms with E-state index in [2.05, 4.69) is 0 Å². The van der Waals surface area contributed by atoms with E-state index in [0.717, 1.165) is 24.3 Å². The molecule has 10 heteroatoms. The minimum atomic E-state index is -4.80. The molecule has 0 atom stereocenters. The van der Waals surface area contributed by atoms with Crippen molar-refractivity contribution in [3.63, 3.8) is 0 Å². The number of nitro benzene ring substituents is 1. The molecule has 0 spiro atoms. The molecule has 0 fully saturated rings. The molecule has 8 nitrogen and oxygen atoms in total. The number of carbonyl (C=O) groups is 2. The predicted molar refractivity (Wildman–Crippen MR) is 74.4 cm³/mol. The zero-order valence-electron chi connectivity index (χ0n) is 12.2. The van der Waals surface area contributed by atoms with E-state index in [1.54, 1.807) is 0 Å². The third kappa shape index (κ3) is 2.80. The number of fused-ring (bicyclic) bond motifs is 2. The van der Waals surface area contributed by atoms with Gasteiger partial charge in [-0.3, -0.25) is 19.7 Å². The van der Waals surface area contributed by atoms with Gasteiger partial charge in [-0.25, -0.2) is 8.42 Å². The Morgan fingerprint density at radius 3 is 2.17 bits per heavy atom. The number of nitrogens with zero attached hydrogens (tertiary/aromatic N) is 1. The number of hydrogen-bond acceptors (Lipinski definition) is 7. The second kappa shape index (κ2) is 6.19. The molecule has 116 valence electrons. The summed E-state index contributed by atoms with van der Waals surface area (Å²) in [6.45, 7) is 0. The molecule has 2 aromatic rings. The van der Waals surface area contributed by atoms with Crippen LogP contribution in [0.4, 0.5) is 5.69 Å². The average molecular weight is 355 g/mol. The maximum absolute atomic E-state index is 12.5. The van der Waals surface area contributed by atoms with Crippen LogP contribution in [0.3, 0.4) is 0 Å². The van der Waals surface area contributed by atoms with Gasteiger partial charge in [0, 0.05) is 22.8 Å². The van der Waals surface area contributed by atoms with E-state index in [9.17, 15) is 32.7 Å². The van der Waals surface area contributed by atoms with Crippen molar-refractivity contribution in [2.45, 2.75) is 4.90 Å². The van der Waals surface area contributed by atoms with Gasteiger partial charge in [0.1, 0.15) is 15.7 Å². The molecule has 0 saturated carbocycles. The quantitative estimate of drug-likeness (QED) is 0.231. The Morgan fingerprint density at radius 1 is 0.917 bits per heavy atom. The maximum atomic E-state index is 12.5. The fourth-order valence-corrected chi connectivity index (χ4v) is 2.96. The zero-order valence-corrected chi connectivity index (χ0v) is 15.0. The summed E-state index contributed by atoms with van der Waals surface area (Å²) < 4.78 is 33.2. The first-order valence-corrected chi connectivity index (χ1v) is 7.59. The van der Waals surface area contributed by atoms with Crippen LogP contribution in [0.1, 0.15) is 31.8 Å². The molecule has 2 aromatic carbocycles. The molecule has 0 N–H and O–H groups in total. The van der Waals surface area contributed by atoms with Crippen molar-refractivity contribution in [2.24, 2.45) is 0 Å². The number of nitro groups is 1. The Bertz CT molecular complexity index is 1010. The summed E-state index contributed by atoms with van der Waals surface area (Å²) in [7, 11) is -4.80. The minimum absolute atomic E-state index is 0. The summed E-state index contributed by atoms with van der Waals surface area (Å²) in [6, 6.07) is 6.32. The number of carbonyl (C=O) groups excluding carboxylic acids is 2. The van der Waals surface area contributed by atoms with Crippen LogP contribution in [0.15, 0.2) is 41.3 Å². The van der Waals surface area contributed by atoms with E-state index >= 15 is 0 Å². The first-order valence-electron chi connectivity index (χ1n) is 6.18. The molecule has 24 heavy (non-hydrogen) atoms. The zero-order chi connectivity index (χ0) is 16.9. The van der Waals surface area contributed by atoms with Crippen LogP contribution in [-0.4, -0.2) is 29.5 Å². The third-order valence-electron chi connectivity index (χ3n) is 3.48. The standard InChI is InChI=1S/C14H7NO7S.Na/c16-13-9-2-1-3-11(15(18)19)12(9)14(17)8-5-4-7(6-10(8)13)23(20,21)22;/h1-6H,(H,20,21,22);/q;+1/p-1. The van der Waals surface area contributed by atoms with Crippen molar-refractivity contribution in [2.75, 3.05) is 0 Å². The maximum Gasteiger partial charge on any atom is 1.00 e. The van der Waals surface area contributed by atoms with Gasteiger partial charge >= 0.3 is 29.6 Å². The van der Waals surface area contributed by atoms with Gasteiger partial charge in [-0.2, -0.15) is 0 Å². The summed E-state index contributed by atoms with van der Waals surface area (Å²) >= 11 is 0. The monoisotopic (exact) mass is 355 g/mol. The predicted octanol–water partition coefficient (Wildman–Crippen LogP) is -1.72. The van der Waals surface area contributed by atoms with E-state index in [1.165, 1.54) is 12.1 Å². The van der Waals surface area contributed by atoms with Gasteiger partial charge in [0.15, 0.2) is 5.78 Å². The number of hydrogen-bond donors (Lipinski definition) is 0. The Labute approximate surface area is 157 Å². The fraction of sp³-hybridized carbons (Fsp3) is 0. The molecular weight excluding hydrogens is 349 g/mol. The third-order valence-corrected chi connectivity index (χ3v) is 4.31.